The molecule has 0 radical (unpaired) electrons. The Morgan fingerprint density at radius 3 is 2.73 bits per heavy atom. The maximum Gasteiger partial charge on any atom is 0.0455 e. The van der Waals surface area contributed by atoms with Gasteiger partial charge < -0.3 is 0 Å². The van der Waals surface area contributed by atoms with E-state index in [4.69, 9.17) is 23.2 Å². The molecule has 0 aromatic rings. The second-order valence-electron chi connectivity index (χ2n) is 3.48. The van der Waals surface area contributed by atoms with E-state index in [2.05, 4.69) is 0 Å². The molecule has 0 aromatic heterocycles. The van der Waals surface area contributed by atoms with Crippen LogP contribution in [0.25, 0.3) is 0 Å². The first-order chi connectivity index (χ1) is 5.27. The van der Waals surface area contributed by atoms with Gasteiger partial charge in [-0.2, -0.15) is 11.8 Å². The van der Waals surface area contributed by atoms with Gasteiger partial charge >= 0.3 is 0 Å². The first-order valence-corrected chi connectivity index (χ1v) is 6.09. The number of hydrogen-bond donors (Lipinski definition) is 0. The molecule has 0 amide bonds. The van der Waals surface area contributed by atoms with E-state index in [1.54, 1.807) is 0 Å². The summed E-state index contributed by atoms with van der Waals surface area (Å²) in [6, 6.07) is 0. The molecule has 2 unspecified atom stereocenters. The summed E-state index contributed by atoms with van der Waals surface area (Å²) in [4.78, 5) is 0. The lowest BCUT2D eigenvalue weighted by Crippen LogP contribution is -2.37. The van der Waals surface area contributed by atoms with Crippen molar-refractivity contribution >= 4 is 35.0 Å². The Kier molecular flexibility index (Phi) is 2.60. The third-order valence-electron chi connectivity index (χ3n) is 2.73. The Balaban J connectivity index is 2.02. The van der Waals surface area contributed by atoms with Crippen LogP contribution >= 0.6 is 35.0 Å². The van der Waals surface area contributed by atoms with Crippen molar-refractivity contribution < 1.29 is 0 Å². The first-order valence-electron chi connectivity index (χ1n) is 4.17. The molecular weight excluding hydrogens is 199 g/mol. The van der Waals surface area contributed by atoms with Crippen LogP contribution in [0.3, 0.4) is 0 Å². The normalized spacial score (nSPS) is 50.7. The van der Waals surface area contributed by atoms with Crippen molar-refractivity contribution in [1.29, 1.82) is 0 Å². The maximum atomic E-state index is 6.17. The van der Waals surface area contributed by atoms with E-state index in [0.717, 1.165) is 11.7 Å². The van der Waals surface area contributed by atoms with Crippen molar-refractivity contribution in [1.82, 2.24) is 0 Å². The largest absolute Gasteiger partial charge is 0.155 e. The lowest BCUT2D eigenvalue weighted by Gasteiger charge is -2.39. The van der Waals surface area contributed by atoms with Crippen LogP contribution in [-0.2, 0) is 0 Å². The Morgan fingerprint density at radius 2 is 1.91 bits per heavy atom. The van der Waals surface area contributed by atoms with Crippen LogP contribution in [0.2, 0.25) is 0 Å². The van der Waals surface area contributed by atoms with Gasteiger partial charge in [0.15, 0.2) is 0 Å². The van der Waals surface area contributed by atoms with E-state index in [9.17, 15) is 0 Å². The second-order valence-corrected chi connectivity index (χ2v) is 5.87. The number of rotatable bonds is 0. The molecule has 0 aromatic carbocycles. The minimum atomic E-state index is 0.417. The number of halogens is 2. The van der Waals surface area contributed by atoms with Crippen LogP contribution in [-0.4, -0.2) is 21.8 Å². The second kappa shape index (κ2) is 3.35. The van der Waals surface area contributed by atoms with E-state index < -0.39 is 0 Å². The highest BCUT2D eigenvalue weighted by Gasteiger charge is 2.37. The van der Waals surface area contributed by atoms with Crippen molar-refractivity contribution in [2.24, 2.45) is 5.92 Å². The molecule has 2 bridgehead atoms. The molecule has 0 nitrogen and oxygen atoms in total. The molecular formula is C8H12Cl2S. The van der Waals surface area contributed by atoms with Gasteiger partial charge in [0.05, 0.1) is 0 Å². The first kappa shape index (κ1) is 8.52. The van der Waals surface area contributed by atoms with Crippen molar-refractivity contribution in [2.45, 2.75) is 35.3 Å². The summed E-state index contributed by atoms with van der Waals surface area (Å²) >= 11 is 14.3. The monoisotopic (exact) mass is 210 g/mol. The average molecular weight is 211 g/mol. The molecule has 0 N–H and O–H groups in total. The van der Waals surface area contributed by atoms with Crippen molar-refractivity contribution in [3.8, 4) is 0 Å². The van der Waals surface area contributed by atoms with E-state index in [1.165, 1.54) is 19.3 Å². The molecule has 1 aliphatic carbocycles. The average Bonchev–Trinajstić information content (AvgIpc) is 2.02. The van der Waals surface area contributed by atoms with Crippen molar-refractivity contribution in [2.75, 3.05) is 5.75 Å². The molecule has 1 saturated carbocycles. The van der Waals surface area contributed by atoms with Crippen LogP contribution in [0.4, 0.5) is 0 Å². The molecule has 2 rings (SSSR count). The predicted octanol–water partition coefficient (Wildman–Crippen LogP) is 3.12. The maximum absolute atomic E-state index is 6.17. The van der Waals surface area contributed by atoms with Gasteiger partial charge in [-0.3, -0.25) is 0 Å². The molecule has 1 aliphatic heterocycles. The summed E-state index contributed by atoms with van der Waals surface area (Å²) in [5, 5.41) is 1.53. The molecule has 1 saturated heterocycles. The third kappa shape index (κ3) is 1.66. The Labute approximate surface area is 82.0 Å². The van der Waals surface area contributed by atoms with E-state index >= 15 is 0 Å². The zero-order valence-electron chi connectivity index (χ0n) is 6.30. The summed E-state index contributed by atoms with van der Waals surface area (Å²) in [7, 11) is 0. The fraction of sp³-hybridized carbons (Fsp3) is 1.00. The van der Waals surface area contributed by atoms with Crippen LogP contribution < -0.4 is 0 Å². The number of fused-ring (bicyclic) bond motifs is 2. The lowest BCUT2D eigenvalue weighted by molar-refractivity contribution is 0.356. The molecule has 3 heteroatoms. The van der Waals surface area contributed by atoms with Gasteiger partial charge in [-0.05, 0) is 25.2 Å². The SMILES string of the molecule is Cl[C@@H]1CCC2CC1SC[C@@H]2Cl. The quantitative estimate of drug-likeness (QED) is 0.555. The number of thioether (sulfide) groups is 1. The standard InChI is InChI=1S/C8H12Cl2S/c9-6-2-1-5-3-8(6)11-4-7(5)10/h5-8H,1-4H2/t5?,6-,7+,8?/m1/s1. The summed E-state index contributed by atoms with van der Waals surface area (Å²) < 4.78 is 0. The Bertz CT molecular complexity index is 135. The van der Waals surface area contributed by atoms with Crippen molar-refractivity contribution in [3.05, 3.63) is 0 Å². The minimum Gasteiger partial charge on any atom is -0.155 e. The Morgan fingerprint density at radius 1 is 1.09 bits per heavy atom. The molecule has 2 aliphatic rings. The van der Waals surface area contributed by atoms with Crippen LogP contribution in [0.5, 0.6) is 0 Å². The summed E-state index contributed by atoms with van der Waals surface area (Å²) in [6.07, 6.45) is 3.68. The molecule has 11 heavy (non-hydrogen) atoms. The zero-order valence-corrected chi connectivity index (χ0v) is 8.63. The summed E-state index contributed by atoms with van der Waals surface area (Å²) in [5.74, 6) is 1.87. The highest BCUT2D eigenvalue weighted by Crippen LogP contribution is 2.43. The van der Waals surface area contributed by atoms with Gasteiger partial charge in [-0.25, -0.2) is 0 Å². The lowest BCUT2D eigenvalue weighted by atomic mass is 9.86. The molecule has 0 spiro atoms. The van der Waals surface area contributed by atoms with Gasteiger partial charge in [0.25, 0.3) is 0 Å². The smallest absolute Gasteiger partial charge is 0.0455 e. The van der Waals surface area contributed by atoms with Gasteiger partial charge in [-0.1, -0.05) is 0 Å². The van der Waals surface area contributed by atoms with E-state index in [-0.39, 0.29) is 0 Å². The zero-order chi connectivity index (χ0) is 7.84. The van der Waals surface area contributed by atoms with Gasteiger partial charge in [0.1, 0.15) is 0 Å². The molecule has 64 valence electrons. The van der Waals surface area contributed by atoms with Gasteiger partial charge in [-0.15, -0.1) is 23.2 Å². The minimum absolute atomic E-state index is 0.417. The van der Waals surface area contributed by atoms with Gasteiger partial charge in [0.2, 0.25) is 0 Å². The van der Waals surface area contributed by atoms with E-state index in [0.29, 0.717) is 16.0 Å². The third-order valence-corrected chi connectivity index (χ3v) is 5.60. The topological polar surface area (TPSA) is 0 Å². The van der Waals surface area contributed by atoms with Crippen LogP contribution in [0, 0.1) is 5.92 Å². The number of hydrogen-bond acceptors (Lipinski definition) is 1. The molecule has 1 heterocycles. The summed E-state index contributed by atoms with van der Waals surface area (Å²) in [5.41, 5.74) is 0. The fourth-order valence-corrected chi connectivity index (χ4v) is 4.30. The van der Waals surface area contributed by atoms with Gasteiger partial charge in [0, 0.05) is 21.8 Å². The van der Waals surface area contributed by atoms with Crippen molar-refractivity contribution in [3.63, 3.8) is 0 Å². The van der Waals surface area contributed by atoms with Crippen LogP contribution in [0.15, 0.2) is 0 Å². The Hall–Kier alpha value is 0.930. The summed E-state index contributed by atoms with van der Waals surface area (Å²) in [6.45, 7) is 0. The number of alkyl halides is 2. The molecule has 4 atom stereocenters. The fourth-order valence-electron chi connectivity index (χ4n) is 1.98. The van der Waals surface area contributed by atoms with E-state index in [1.807, 2.05) is 11.8 Å². The highest BCUT2D eigenvalue weighted by atomic mass is 35.5. The highest BCUT2D eigenvalue weighted by molar-refractivity contribution is 8.00. The van der Waals surface area contributed by atoms with Crippen LogP contribution in [0.1, 0.15) is 19.3 Å². The predicted molar refractivity (Wildman–Crippen MR) is 52.9 cm³/mol. The molecule has 2 fully saturated rings.